The molecule has 0 aliphatic heterocycles. The van der Waals surface area contributed by atoms with Crippen molar-refractivity contribution in [2.45, 2.75) is 13.1 Å². The number of para-hydroxylation sites is 1. The van der Waals surface area contributed by atoms with Gasteiger partial charge in [-0.2, -0.15) is 0 Å². The Morgan fingerprint density at radius 1 is 0.842 bits per heavy atom. The third-order valence-electron chi connectivity index (χ3n) is 2.22. The van der Waals surface area contributed by atoms with Crippen molar-refractivity contribution in [1.82, 2.24) is 0 Å². The van der Waals surface area contributed by atoms with Gasteiger partial charge in [-0.15, -0.1) is 0 Å². The molecule has 0 aliphatic rings. The molecule has 0 amide bonds. The Labute approximate surface area is 113 Å². The molecule has 0 aromatic heterocycles. The predicted molar refractivity (Wildman–Crippen MR) is 77.5 cm³/mol. The van der Waals surface area contributed by atoms with Crippen LogP contribution in [-0.2, 0) is 17.9 Å². The van der Waals surface area contributed by atoms with E-state index >= 15 is 0 Å². The van der Waals surface area contributed by atoms with E-state index in [1.54, 1.807) is 24.3 Å². The van der Waals surface area contributed by atoms with Gasteiger partial charge in [-0.05, 0) is 23.3 Å². The molecule has 0 bridgehead atoms. The monoisotopic (exact) mass is 260 g/mol. The second-order valence-corrected chi connectivity index (χ2v) is 3.56. The molecule has 102 valence electrons. The Balaban J connectivity index is 0.000000316. The summed E-state index contributed by atoms with van der Waals surface area (Å²) in [5, 5.41) is 8.63. The van der Waals surface area contributed by atoms with Crippen LogP contribution in [0.5, 0.6) is 5.75 Å². The highest BCUT2D eigenvalue weighted by Gasteiger charge is 1.89. The van der Waals surface area contributed by atoms with Crippen molar-refractivity contribution in [2.24, 2.45) is 11.5 Å². The average Bonchev–Trinajstić information content (AvgIpc) is 2.50. The first-order valence-corrected chi connectivity index (χ1v) is 5.77. The van der Waals surface area contributed by atoms with Gasteiger partial charge < -0.3 is 21.4 Å². The quantitative estimate of drug-likeness (QED) is 0.768. The van der Waals surface area contributed by atoms with Gasteiger partial charge in [-0.3, -0.25) is 0 Å². The molecule has 0 fully saturated rings. The van der Waals surface area contributed by atoms with Gasteiger partial charge in [0.15, 0.2) is 0 Å². The van der Waals surface area contributed by atoms with E-state index in [4.69, 9.17) is 21.4 Å². The fourth-order valence-corrected chi connectivity index (χ4v) is 1.31. The van der Waals surface area contributed by atoms with Crippen molar-refractivity contribution in [3.05, 3.63) is 65.7 Å². The number of hydrogen-bond donors (Lipinski definition) is 3. The maximum absolute atomic E-state index is 8.63. The summed E-state index contributed by atoms with van der Waals surface area (Å²) in [4.78, 5) is 8.00. The predicted octanol–water partition coefficient (Wildman–Crippen LogP) is 1.81. The number of phenolic OH excluding ortho intramolecular Hbond substituents is 1. The number of benzene rings is 2. The Morgan fingerprint density at radius 3 is 1.63 bits per heavy atom. The molecule has 0 radical (unpaired) electrons. The van der Waals surface area contributed by atoms with Gasteiger partial charge >= 0.3 is 0 Å². The first-order valence-electron chi connectivity index (χ1n) is 5.77. The van der Waals surface area contributed by atoms with Crippen LogP contribution in [0.25, 0.3) is 0 Å². The minimum atomic E-state index is 0.322. The van der Waals surface area contributed by atoms with Crippen LogP contribution in [0.3, 0.4) is 0 Å². The topological polar surface area (TPSA) is 89.3 Å². The van der Waals surface area contributed by atoms with Crippen LogP contribution in [0.2, 0.25) is 0 Å². The maximum atomic E-state index is 8.63. The van der Waals surface area contributed by atoms with Crippen LogP contribution in [0.1, 0.15) is 11.1 Å². The van der Waals surface area contributed by atoms with Crippen molar-refractivity contribution in [2.75, 3.05) is 0 Å². The Hall–Kier alpha value is -2.17. The SMILES string of the molecule is C=O.NCc1cccc(CN)c1.Oc1ccccc1. The third-order valence-corrected chi connectivity index (χ3v) is 2.22. The third kappa shape index (κ3) is 7.70. The minimum absolute atomic E-state index is 0.322. The second-order valence-electron chi connectivity index (χ2n) is 3.56. The Bertz CT molecular complexity index is 428. The smallest absolute Gasteiger partial charge is 0.115 e. The summed E-state index contributed by atoms with van der Waals surface area (Å²) in [5.41, 5.74) is 13.1. The van der Waals surface area contributed by atoms with Gasteiger partial charge in [0.2, 0.25) is 0 Å². The van der Waals surface area contributed by atoms with Crippen molar-refractivity contribution >= 4 is 6.79 Å². The van der Waals surface area contributed by atoms with Gasteiger partial charge in [0.1, 0.15) is 12.5 Å². The molecule has 0 atom stereocenters. The van der Waals surface area contributed by atoms with E-state index in [0.29, 0.717) is 18.8 Å². The Kier molecular flexibility index (Phi) is 9.70. The normalized spacial score (nSPS) is 8.53. The second kappa shape index (κ2) is 11.0. The molecule has 2 rings (SSSR count). The molecule has 5 N–H and O–H groups in total. The van der Waals surface area contributed by atoms with E-state index in [9.17, 15) is 0 Å². The van der Waals surface area contributed by atoms with E-state index in [0.717, 1.165) is 11.1 Å². The van der Waals surface area contributed by atoms with Crippen LogP contribution in [0, 0.1) is 0 Å². The summed E-state index contributed by atoms with van der Waals surface area (Å²) in [7, 11) is 0. The molecule has 0 saturated heterocycles. The number of hydrogen-bond acceptors (Lipinski definition) is 4. The first-order chi connectivity index (χ1) is 9.26. The van der Waals surface area contributed by atoms with E-state index in [-0.39, 0.29) is 0 Å². The molecular weight excluding hydrogens is 240 g/mol. The maximum Gasteiger partial charge on any atom is 0.115 e. The highest BCUT2D eigenvalue weighted by atomic mass is 16.3. The van der Waals surface area contributed by atoms with Gasteiger partial charge in [0.05, 0.1) is 0 Å². The molecule has 2 aromatic carbocycles. The molecule has 0 spiro atoms. The van der Waals surface area contributed by atoms with E-state index in [1.165, 1.54) is 0 Å². The lowest BCUT2D eigenvalue weighted by molar-refractivity contribution is -0.0979. The average molecular weight is 260 g/mol. The van der Waals surface area contributed by atoms with Gasteiger partial charge in [-0.25, -0.2) is 0 Å². The molecular formula is C15H20N2O2. The molecule has 19 heavy (non-hydrogen) atoms. The Morgan fingerprint density at radius 2 is 1.32 bits per heavy atom. The van der Waals surface area contributed by atoms with Crippen molar-refractivity contribution in [1.29, 1.82) is 0 Å². The summed E-state index contributed by atoms with van der Waals surface area (Å²) in [6.07, 6.45) is 0. The summed E-state index contributed by atoms with van der Waals surface area (Å²) in [6, 6.07) is 16.7. The van der Waals surface area contributed by atoms with Crippen LogP contribution < -0.4 is 11.5 Å². The van der Waals surface area contributed by atoms with Crippen molar-refractivity contribution in [3.63, 3.8) is 0 Å². The first kappa shape index (κ1) is 16.8. The molecule has 0 aliphatic carbocycles. The number of nitrogens with two attached hydrogens (primary N) is 2. The minimum Gasteiger partial charge on any atom is -0.508 e. The van der Waals surface area contributed by atoms with Crippen LogP contribution >= 0.6 is 0 Å². The standard InChI is InChI=1S/C8H12N2.C6H6O.CH2O/c9-5-7-2-1-3-8(4-7)6-10;7-6-4-2-1-3-5-6;1-2/h1-4H,5-6,9-10H2;1-5,7H;1H2. The summed E-state index contributed by atoms with van der Waals surface area (Å²) in [5.74, 6) is 0.322. The van der Waals surface area contributed by atoms with Crippen LogP contribution in [0.4, 0.5) is 0 Å². The zero-order valence-electron chi connectivity index (χ0n) is 10.8. The number of rotatable bonds is 2. The van der Waals surface area contributed by atoms with E-state index < -0.39 is 0 Å². The lowest BCUT2D eigenvalue weighted by atomic mass is 10.1. The molecule has 4 nitrogen and oxygen atoms in total. The number of carbonyl (C=O) groups is 1. The lowest BCUT2D eigenvalue weighted by Gasteiger charge is -1.98. The van der Waals surface area contributed by atoms with Crippen LogP contribution in [-0.4, -0.2) is 11.9 Å². The van der Waals surface area contributed by atoms with E-state index in [1.807, 2.05) is 37.1 Å². The molecule has 0 saturated carbocycles. The van der Waals surface area contributed by atoms with Crippen molar-refractivity contribution < 1.29 is 9.90 Å². The zero-order chi connectivity index (χ0) is 14.5. The summed E-state index contributed by atoms with van der Waals surface area (Å²) in [6.45, 7) is 3.18. The number of carbonyl (C=O) groups excluding carboxylic acids is 1. The highest BCUT2D eigenvalue weighted by Crippen LogP contribution is 2.03. The lowest BCUT2D eigenvalue weighted by Crippen LogP contribution is -2.00. The largest absolute Gasteiger partial charge is 0.508 e. The molecule has 0 heterocycles. The summed E-state index contributed by atoms with van der Waals surface area (Å²) < 4.78 is 0. The van der Waals surface area contributed by atoms with Gasteiger partial charge in [0, 0.05) is 13.1 Å². The van der Waals surface area contributed by atoms with Crippen LogP contribution in [0.15, 0.2) is 54.6 Å². The zero-order valence-corrected chi connectivity index (χ0v) is 10.8. The fourth-order valence-electron chi connectivity index (χ4n) is 1.31. The van der Waals surface area contributed by atoms with Crippen molar-refractivity contribution in [3.8, 4) is 5.75 Å². The van der Waals surface area contributed by atoms with Gasteiger partial charge in [0.25, 0.3) is 0 Å². The molecule has 0 unspecified atom stereocenters. The number of aromatic hydroxyl groups is 1. The molecule has 4 heteroatoms. The summed E-state index contributed by atoms with van der Waals surface area (Å²) >= 11 is 0. The fraction of sp³-hybridized carbons (Fsp3) is 0.133. The highest BCUT2D eigenvalue weighted by molar-refractivity contribution is 5.22. The van der Waals surface area contributed by atoms with Gasteiger partial charge in [-0.1, -0.05) is 42.5 Å². The van der Waals surface area contributed by atoms with E-state index in [2.05, 4.69) is 0 Å². The molecule has 2 aromatic rings. The number of phenols is 1.